The Hall–Kier alpha value is 0.375. The summed E-state index contributed by atoms with van der Waals surface area (Å²) in [5.41, 5.74) is 0.120. The molecule has 2 fully saturated rings. The van der Waals surface area contributed by atoms with Gasteiger partial charge in [0.2, 0.25) is 0 Å². The SMILES string of the molecule is [B]C1OC2(C)CCSC1C2. The van der Waals surface area contributed by atoms with Gasteiger partial charge in [-0.15, -0.1) is 0 Å². The van der Waals surface area contributed by atoms with Crippen molar-refractivity contribution in [1.29, 1.82) is 0 Å². The van der Waals surface area contributed by atoms with E-state index in [9.17, 15) is 0 Å². The van der Waals surface area contributed by atoms with Crippen LogP contribution in [0.1, 0.15) is 19.8 Å². The van der Waals surface area contributed by atoms with Gasteiger partial charge in [-0.3, -0.25) is 0 Å². The summed E-state index contributed by atoms with van der Waals surface area (Å²) in [6, 6.07) is -0.00231. The number of ether oxygens (including phenoxy) is 1. The number of hydrogen-bond acceptors (Lipinski definition) is 2. The van der Waals surface area contributed by atoms with Crippen LogP contribution >= 0.6 is 11.8 Å². The summed E-state index contributed by atoms with van der Waals surface area (Å²) < 4.78 is 5.63. The second kappa shape index (κ2) is 2.18. The van der Waals surface area contributed by atoms with E-state index in [-0.39, 0.29) is 11.6 Å². The topological polar surface area (TPSA) is 9.23 Å². The fourth-order valence-corrected chi connectivity index (χ4v) is 3.30. The summed E-state index contributed by atoms with van der Waals surface area (Å²) in [6.45, 7) is 2.17. The van der Waals surface area contributed by atoms with Crippen molar-refractivity contribution in [2.45, 2.75) is 36.6 Å². The number of thioether (sulfide) groups is 1. The summed E-state index contributed by atoms with van der Waals surface area (Å²) in [4.78, 5) is 0. The fourth-order valence-electron chi connectivity index (χ4n) is 1.74. The first kappa shape index (κ1) is 7.05. The lowest BCUT2D eigenvalue weighted by Crippen LogP contribution is -2.26. The van der Waals surface area contributed by atoms with E-state index in [1.54, 1.807) is 0 Å². The lowest BCUT2D eigenvalue weighted by molar-refractivity contribution is 0.00284. The van der Waals surface area contributed by atoms with Crippen LogP contribution in [0.5, 0.6) is 0 Å². The Kier molecular flexibility index (Phi) is 1.54. The molecule has 0 spiro atoms. The third-order valence-corrected chi connectivity index (χ3v) is 3.69. The monoisotopic (exact) mass is 154 g/mol. The minimum Gasteiger partial charge on any atom is -0.381 e. The van der Waals surface area contributed by atoms with Crippen molar-refractivity contribution in [3.05, 3.63) is 0 Å². The smallest absolute Gasteiger partial charge is 0.110 e. The minimum absolute atomic E-state index is 0.00231. The molecule has 2 radical (unpaired) electrons. The van der Waals surface area contributed by atoms with Crippen LogP contribution in [0, 0.1) is 0 Å². The minimum atomic E-state index is -0.00231. The van der Waals surface area contributed by atoms with Gasteiger partial charge in [-0.05, 0) is 25.5 Å². The zero-order chi connectivity index (χ0) is 7.19. The van der Waals surface area contributed by atoms with E-state index in [1.807, 2.05) is 11.8 Å². The van der Waals surface area contributed by atoms with Gasteiger partial charge in [0.1, 0.15) is 7.85 Å². The van der Waals surface area contributed by atoms with Crippen LogP contribution < -0.4 is 0 Å². The van der Waals surface area contributed by atoms with Crippen LogP contribution in [0.15, 0.2) is 0 Å². The first-order chi connectivity index (χ1) is 4.70. The van der Waals surface area contributed by atoms with Gasteiger partial charge in [0.25, 0.3) is 0 Å². The maximum Gasteiger partial charge on any atom is 0.110 e. The summed E-state index contributed by atoms with van der Waals surface area (Å²) >= 11 is 1.96. The molecule has 1 nitrogen and oxygen atoms in total. The van der Waals surface area contributed by atoms with Gasteiger partial charge >= 0.3 is 0 Å². The molecule has 2 heterocycles. The van der Waals surface area contributed by atoms with Gasteiger partial charge in [0.05, 0.1) is 5.60 Å². The maximum atomic E-state index is 5.76. The lowest BCUT2D eigenvalue weighted by Gasteiger charge is -2.26. The first-order valence-electron chi connectivity index (χ1n) is 3.75. The van der Waals surface area contributed by atoms with Crippen LogP contribution in [-0.4, -0.2) is 30.5 Å². The number of hydrogen-bond donors (Lipinski definition) is 0. The summed E-state index contributed by atoms with van der Waals surface area (Å²) in [5, 5.41) is 0.568. The molecule has 2 saturated heterocycles. The Bertz CT molecular complexity index is 149. The number of rotatable bonds is 0. The highest BCUT2D eigenvalue weighted by atomic mass is 32.2. The fraction of sp³-hybridized carbons (Fsp3) is 1.00. The van der Waals surface area contributed by atoms with Crippen LogP contribution in [0.4, 0.5) is 0 Å². The zero-order valence-corrected chi connectivity index (χ0v) is 6.99. The van der Waals surface area contributed by atoms with Gasteiger partial charge in [-0.25, -0.2) is 0 Å². The third kappa shape index (κ3) is 0.997. The lowest BCUT2D eigenvalue weighted by atomic mass is 9.93. The van der Waals surface area contributed by atoms with Crippen molar-refractivity contribution in [3.63, 3.8) is 0 Å². The molecule has 0 aromatic heterocycles. The quantitative estimate of drug-likeness (QED) is 0.484. The molecule has 0 aromatic carbocycles. The summed E-state index contributed by atoms with van der Waals surface area (Å²) in [6.07, 6.45) is 2.32. The predicted octanol–water partition coefficient (Wildman–Crippen LogP) is 1.17. The van der Waals surface area contributed by atoms with E-state index in [0.717, 1.165) is 6.42 Å². The Morgan fingerprint density at radius 1 is 1.70 bits per heavy atom. The second-order valence-electron chi connectivity index (χ2n) is 3.40. The molecule has 54 valence electrons. The molecule has 2 aliphatic rings. The van der Waals surface area contributed by atoms with Gasteiger partial charge in [0.15, 0.2) is 0 Å². The standard InChI is InChI=1S/C7H11BOS/c1-7-2-3-10-5(4-7)6(8)9-7/h5-6H,2-4H2,1H3. The molecule has 10 heavy (non-hydrogen) atoms. The van der Waals surface area contributed by atoms with E-state index in [1.165, 1.54) is 12.2 Å². The average Bonchev–Trinajstić information content (AvgIpc) is 2.03. The van der Waals surface area contributed by atoms with Crippen LogP contribution in [-0.2, 0) is 4.74 Å². The third-order valence-electron chi connectivity index (χ3n) is 2.38. The molecular weight excluding hydrogens is 143 g/mol. The Morgan fingerprint density at radius 3 is 3.10 bits per heavy atom. The molecule has 3 unspecified atom stereocenters. The van der Waals surface area contributed by atoms with Gasteiger partial charge in [-0.2, -0.15) is 11.8 Å². The Morgan fingerprint density at radius 2 is 2.50 bits per heavy atom. The summed E-state index contributed by atoms with van der Waals surface area (Å²) in [7, 11) is 5.76. The molecule has 3 heteroatoms. The molecular formula is C7H11BOS. The highest BCUT2D eigenvalue weighted by Crippen LogP contribution is 2.43. The van der Waals surface area contributed by atoms with Gasteiger partial charge in [0, 0.05) is 11.3 Å². The van der Waals surface area contributed by atoms with Gasteiger partial charge < -0.3 is 4.74 Å². The van der Waals surface area contributed by atoms with Crippen molar-refractivity contribution in [3.8, 4) is 0 Å². The van der Waals surface area contributed by atoms with Gasteiger partial charge in [-0.1, -0.05) is 0 Å². The summed E-state index contributed by atoms with van der Waals surface area (Å²) in [5.74, 6) is 1.22. The molecule has 2 rings (SSSR count). The molecule has 0 saturated carbocycles. The van der Waals surface area contributed by atoms with Crippen molar-refractivity contribution in [2.75, 3.05) is 5.75 Å². The molecule has 0 aliphatic carbocycles. The molecule has 0 aromatic rings. The average molecular weight is 154 g/mol. The van der Waals surface area contributed by atoms with E-state index in [4.69, 9.17) is 12.6 Å². The van der Waals surface area contributed by atoms with Crippen LogP contribution in [0.3, 0.4) is 0 Å². The largest absolute Gasteiger partial charge is 0.381 e. The molecule has 2 aliphatic heterocycles. The molecule has 2 bridgehead atoms. The highest BCUT2D eigenvalue weighted by molar-refractivity contribution is 8.00. The highest BCUT2D eigenvalue weighted by Gasteiger charge is 2.43. The molecule has 0 N–H and O–H groups in total. The second-order valence-corrected chi connectivity index (χ2v) is 4.74. The predicted molar refractivity (Wildman–Crippen MR) is 44.5 cm³/mol. The van der Waals surface area contributed by atoms with E-state index in [2.05, 4.69) is 6.92 Å². The van der Waals surface area contributed by atoms with Crippen molar-refractivity contribution < 1.29 is 4.74 Å². The number of fused-ring (bicyclic) bond motifs is 2. The molecule has 3 atom stereocenters. The van der Waals surface area contributed by atoms with E-state index < -0.39 is 0 Å². The van der Waals surface area contributed by atoms with E-state index in [0.29, 0.717) is 5.25 Å². The Labute approximate surface area is 67.3 Å². The van der Waals surface area contributed by atoms with Crippen molar-refractivity contribution in [2.24, 2.45) is 0 Å². The van der Waals surface area contributed by atoms with E-state index >= 15 is 0 Å². The van der Waals surface area contributed by atoms with Crippen molar-refractivity contribution >= 4 is 19.6 Å². The molecule has 0 amide bonds. The normalized spacial score (nSPS) is 53.3. The Balaban J connectivity index is 2.16. The van der Waals surface area contributed by atoms with Crippen molar-refractivity contribution in [1.82, 2.24) is 0 Å². The zero-order valence-electron chi connectivity index (χ0n) is 6.17. The maximum absolute atomic E-state index is 5.76. The van der Waals surface area contributed by atoms with Crippen LogP contribution in [0.2, 0.25) is 0 Å². The first-order valence-corrected chi connectivity index (χ1v) is 4.79. The van der Waals surface area contributed by atoms with Crippen LogP contribution in [0.25, 0.3) is 0 Å².